The van der Waals surface area contributed by atoms with Crippen molar-refractivity contribution in [3.8, 4) is 11.1 Å². The molecule has 0 N–H and O–H groups in total. The minimum atomic E-state index is 0.117. The van der Waals surface area contributed by atoms with Gasteiger partial charge in [-0.05, 0) is 31.0 Å². The van der Waals surface area contributed by atoms with Crippen molar-refractivity contribution in [3.63, 3.8) is 0 Å². The van der Waals surface area contributed by atoms with Crippen molar-refractivity contribution < 1.29 is 9.21 Å². The van der Waals surface area contributed by atoms with Gasteiger partial charge in [-0.1, -0.05) is 13.8 Å². The molecule has 0 aliphatic carbocycles. The number of likely N-dealkylation sites (tertiary alicyclic amines) is 1. The molecule has 0 aromatic carbocycles. The number of carbonyl (C=O) groups is 1. The third-order valence-electron chi connectivity index (χ3n) is 5.36. The molecule has 3 aromatic heterocycles. The maximum atomic E-state index is 12.7. The van der Waals surface area contributed by atoms with Gasteiger partial charge in [-0.25, -0.2) is 9.97 Å². The summed E-state index contributed by atoms with van der Waals surface area (Å²) in [5.74, 6) is 1.68. The lowest BCUT2D eigenvalue weighted by atomic mass is 10.00. The Labute approximate surface area is 175 Å². The highest BCUT2D eigenvalue weighted by Gasteiger charge is 2.28. The summed E-state index contributed by atoms with van der Waals surface area (Å²) in [6.45, 7) is 7.42. The summed E-state index contributed by atoms with van der Waals surface area (Å²) in [7, 11) is 0. The second-order valence-electron chi connectivity index (χ2n) is 8.06. The van der Waals surface area contributed by atoms with Gasteiger partial charge in [-0.2, -0.15) is 0 Å². The van der Waals surface area contributed by atoms with Crippen LogP contribution in [0, 0.1) is 6.92 Å². The number of hydrogen-bond donors (Lipinski definition) is 0. The molecule has 0 bridgehead atoms. The van der Waals surface area contributed by atoms with Gasteiger partial charge in [-0.15, -0.1) is 10.2 Å². The van der Waals surface area contributed by atoms with E-state index in [-0.39, 0.29) is 17.7 Å². The van der Waals surface area contributed by atoms with Gasteiger partial charge in [0.25, 0.3) is 0 Å². The van der Waals surface area contributed by atoms with Crippen LogP contribution in [-0.2, 0) is 11.2 Å². The fourth-order valence-electron chi connectivity index (χ4n) is 3.72. The van der Waals surface area contributed by atoms with Crippen LogP contribution in [0.1, 0.15) is 61.7 Å². The molecule has 4 rings (SSSR count). The molecule has 1 aliphatic rings. The molecule has 0 spiro atoms. The maximum absolute atomic E-state index is 12.7. The van der Waals surface area contributed by atoms with Gasteiger partial charge in [0.2, 0.25) is 17.7 Å². The van der Waals surface area contributed by atoms with Crippen LogP contribution >= 0.6 is 0 Å². The van der Waals surface area contributed by atoms with E-state index in [1.165, 1.54) is 6.33 Å². The quantitative estimate of drug-likeness (QED) is 0.619. The van der Waals surface area contributed by atoms with E-state index in [0.29, 0.717) is 31.2 Å². The van der Waals surface area contributed by atoms with Crippen molar-refractivity contribution in [1.29, 1.82) is 0 Å². The topological polar surface area (TPSA) is 97.9 Å². The van der Waals surface area contributed by atoms with Crippen molar-refractivity contribution in [2.75, 3.05) is 13.1 Å². The van der Waals surface area contributed by atoms with Crippen molar-refractivity contribution >= 4 is 5.91 Å². The monoisotopic (exact) mass is 406 g/mol. The predicted molar refractivity (Wildman–Crippen MR) is 111 cm³/mol. The standard InChI is InChI=1S/C22H26N6O2/c1-14(2)22-27-26-20(30-22)4-5-21(29)28-7-6-16(12-28)19-9-17(8-15(3)25-19)18-10-23-13-24-11-18/h8-11,13-14,16H,4-7,12H2,1-3H3/t16-/m1/s1. The molecule has 1 atom stereocenters. The molecule has 30 heavy (non-hydrogen) atoms. The molecule has 0 radical (unpaired) electrons. The van der Waals surface area contributed by atoms with Crippen LogP contribution in [0.5, 0.6) is 0 Å². The zero-order chi connectivity index (χ0) is 21.1. The lowest BCUT2D eigenvalue weighted by Gasteiger charge is -2.16. The molecule has 1 saturated heterocycles. The molecular formula is C22H26N6O2. The van der Waals surface area contributed by atoms with Gasteiger partial charge in [0.15, 0.2) is 0 Å². The van der Waals surface area contributed by atoms with Crippen LogP contribution in [0.4, 0.5) is 0 Å². The smallest absolute Gasteiger partial charge is 0.223 e. The number of hydrogen-bond acceptors (Lipinski definition) is 7. The Kier molecular flexibility index (Phi) is 5.83. The number of carbonyl (C=O) groups excluding carboxylic acids is 1. The van der Waals surface area contributed by atoms with Crippen molar-refractivity contribution in [2.24, 2.45) is 0 Å². The van der Waals surface area contributed by atoms with Crippen LogP contribution in [0.15, 0.2) is 35.3 Å². The van der Waals surface area contributed by atoms with Gasteiger partial charge in [0, 0.05) is 67.1 Å². The van der Waals surface area contributed by atoms with Crippen LogP contribution in [-0.4, -0.2) is 49.0 Å². The Hall–Kier alpha value is -3.16. The molecule has 3 aromatic rings. The summed E-state index contributed by atoms with van der Waals surface area (Å²) in [6, 6.07) is 4.13. The average Bonchev–Trinajstić information content (AvgIpc) is 3.42. The minimum absolute atomic E-state index is 0.117. The Morgan fingerprint density at radius 1 is 1.20 bits per heavy atom. The van der Waals surface area contributed by atoms with Crippen molar-refractivity contribution in [3.05, 3.63) is 54.0 Å². The summed E-state index contributed by atoms with van der Waals surface area (Å²) >= 11 is 0. The number of aryl methyl sites for hydroxylation is 2. The SMILES string of the molecule is Cc1cc(-c2cncnc2)cc([C@@H]2CCN(C(=O)CCc3nnc(C(C)C)o3)C2)n1. The van der Waals surface area contributed by atoms with Gasteiger partial charge in [0.1, 0.15) is 6.33 Å². The van der Waals surface area contributed by atoms with E-state index in [4.69, 9.17) is 9.40 Å². The Morgan fingerprint density at radius 3 is 2.73 bits per heavy atom. The first-order chi connectivity index (χ1) is 14.5. The molecule has 1 aliphatic heterocycles. The largest absolute Gasteiger partial charge is 0.425 e. The first kappa shape index (κ1) is 20.1. The maximum Gasteiger partial charge on any atom is 0.223 e. The zero-order valence-corrected chi connectivity index (χ0v) is 17.6. The summed E-state index contributed by atoms with van der Waals surface area (Å²) in [4.78, 5) is 27.6. The van der Waals surface area contributed by atoms with Gasteiger partial charge in [-0.3, -0.25) is 9.78 Å². The van der Waals surface area contributed by atoms with Gasteiger partial charge >= 0.3 is 0 Å². The molecule has 156 valence electrons. The number of nitrogens with zero attached hydrogens (tertiary/aromatic N) is 6. The molecule has 1 fully saturated rings. The number of aromatic nitrogens is 5. The second kappa shape index (κ2) is 8.69. The number of amides is 1. The first-order valence-electron chi connectivity index (χ1n) is 10.3. The van der Waals surface area contributed by atoms with E-state index in [1.54, 1.807) is 12.4 Å². The van der Waals surface area contributed by atoms with Crippen molar-refractivity contribution in [1.82, 2.24) is 30.0 Å². The summed E-state index contributed by atoms with van der Waals surface area (Å²) in [6.07, 6.45) is 6.89. The van der Waals surface area contributed by atoms with Crippen LogP contribution in [0.2, 0.25) is 0 Å². The average molecular weight is 406 g/mol. The summed E-state index contributed by atoms with van der Waals surface area (Å²) in [5, 5.41) is 8.06. The Bertz CT molecular complexity index is 1020. The Balaban J connectivity index is 1.39. The highest BCUT2D eigenvalue weighted by atomic mass is 16.4. The fourth-order valence-corrected chi connectivity index (χ4v) is 3.72. The molecule has 0 saturated carbocycles. The Morgan fingerprint density at radius 2 is 2.00 bits per heavy atom. The van der Waals surface area contributed by atoms with Crippen molar-refractivity contribution in [2.45, 2.75) is 51.9 Å². The fraction of sp³-hybridized carbons (Fsp3) is 0.455. The first-order valence-corrected chi connectivity index (χ1v) is 10.3. The minimum Gasteiger partial charge on any atom is -0.425 e. The van der Waals surface area contributed by atoms with E-state index in [9.17, 15) is 4.79 Å². The molecular weight excluding hydrogens is 380 g/mol. The van der Waals surface area contributed by atoms with Gasteiger partial charge in [0.05, 0.1) is 0 Å². The molecule has 1 amide bonds. The molecule has 8 heteroatoms. The normalized spacial score (nSPS) is 16.4. The third kappa shape index (κ3) is 4.53. The lowest BCUT2D eigenvalue weighted by molar-refractivity contribution is -0.130. The molecule has 0 unspecified atom stereocenters. The predicted octanol–water partition coefficient (Wildman–Crippen LogP) is 3.30. The van der Waals surface area contributed by atoms with Gasteiger partial charge < -0.3 is 9.32 Å². The molecule has 8 nitrogen and oxygen atoms in total. The van der Waals surface area contributed by atoms with E-state index in [0.717, 1.165) is 35.5 Å². The van der Waals surface area contributed by atoms with E-state index in [2.05, 4.69) is 26.2 Å². The van der Waals surface area contributed by atoms with E-state index >= 15 is 0 Å². The molecule has 4 heterocycles. The van der Waals surface area contributed by atoms with Crippen LogP contribution in [0.3, 0.4) is 0 Å². The number of rotatable bonds is 6. The lowest BCUT2D eigenvalue weighted by Crippen LogP contribution is -2.28. The second-order valence-corrected chi connectivity index (χ2v) is 8.06. The summed E-state index contributed by atoms with van der Waals surface area (Å²) in [5.41, 5.74) is 3.99. The highest BCUT2D eigenvalue weighted by molar-refractivity contribution is 5.76. The van der Waals surface area contributed by atoms with Crippen LogP contribution in [0.25, 0.3) is 11.1 Å². The van der Waals surface area contributed by atoms with Crippen LogP contribution < -0.4 is 0 Å². The van der Waals surface area contributed by atoms with E-state index < -0.39 is 0 Å². The number of pyridine rings is 1. The summed E-state index contributed by atoms with van der Waals surface area (Å²) < 4.78 is 5.60. The zero-order valence-electron chi connectivity index (χ0n) is 17.6. The van der Waals surface area contributed by atoms with E-state index in [1.807, 2.05) is 31.7 Å². The highest BCUT2D eigenvalue weighted by Crippen LogP contribution is 2.30. The third-order valence-corrected chi connectivity index (χ3v) is 5.36.